The van der Waals surface area contributed by atoms with Gasteiger partial charge in [0.2, 0.25) is 0 Å². The summed E-state index contributed by atoms with van der Waals surface area (Å²) in [7, 11) is 1.50. The van der Waals surface area contributed by atoms with Crippen molar-refractivity contribution in [3.8, 4) is 0 Å². The lowest BCUT2D eigenvalue weighted by Gasteiger charge is -2.13. The Bertz CT molecular complexity index is 538. The molecule has 22 heavy (non-hydrogen) atoms. The molecular weight excluding hydrogens is 304 g/mol. The fraction of sp³-hybridized carbons (Fsp3) is 0.667. The number of ether oxygens (including phenoxy) is 1. The second-order valence-corrected chi connectivity index (χ2v) is 6.62. The van der Waals surface area contributed by atoms with Gasteiger partial charge in [-0.05, 0) is 19.8 Å². The van der Waals surface area contributed by atoms with Crippen LogP contribution in [-0.4, -0.2) is 41.7 Å². The average molecular weight is 326 g/mol. The number of methoxy groups -OCH3 is 1. The molecule has 0 spiro atoms. The summed E-state index contributed by atoms with van der Waals surface area (Å²) in [5.41, 5.74) is 0.681. The number of thiazole rings is 1. The van der Waals surface area contributed by atoms with Crippen LogP contribution in [0.5, 0.6) is 0 Å². The maximum Gasteiger partial charge on any atom is 0.326 e. The number of aliphatic carboxylic acids is 1. The van der Waals surface area contributed by atoms with E-state index in [2.05, 4.69) is 10.3 Å². The fourth-order valence-corrected chi connectivity index (χ4v) is 3.83. The number of hydrogen-bond donors (Lipinski definition) is 2. The number of nitrogens with zero attached hydrogens (tertiary/aromatic N) is 1. The lowest BCUT2D eigenvalue weighted by atomic mass is 10.1. The number of hydrogen-bond acceptors (Lipinski definition) is 5. The minimum atomic E-state index is -1.05. The molecule has 1 amide bonds. The van der Waals surface area contributed by atoms with Crippen LogP contribution in [0.15, 0.2) is 0 Å². The van der Waals surface area contributed by atoms with Gasteiger partial charge in [0.15, 0.2) is 0 Å². The van der Waals surface area contributed by atoms with E-state index >= 15 is 0 Å². The third kappa shape index (κ3) is 4.04. The number of carboxylic acids is 1. The van der Waals surface area contributed by atoms with Crippen molar-refractivity contribution < 1.29 is 19.4 Å². The van der Waals surface area contributed by atoms with Crippen LogP contribution in [0, 0.1) is 6.92 Å². The van der Waals surface area contributed by atoms with Gasteiger partial charge in [0.25, 0.3) is 5.91 Å². The third-order valence-electron chi connectivity index (χ3n) is 3.94. The lowest BCUT2D eigenvalue weighted by Crippen LogP contribution is -2.41. The van der Waals surface area contributed by atoms with Gasteiger partial charge in [0, 0.05) is 26.1 Å². The van der Waals surface area contributed by atoms with Crippen molar-refractivity contribution in [1.29, 1.82) is 0 Å². The van der Waals surface area contributed by atoms with E-state index in [4.69, 9.17) is 9.84 Å². The molecule has 0 aromatic carbocycles. The van der Waals surface area contributed by atoms with Gasteiger partial charge in [-0.15, -0.1) is 11.3 Å². The maximum atomic E-state index is 12.3. The predicted molar refractivity (Wildman–Crippen MR) is 83.4 cm³/mol. The minimum absolute atomic E-state index is 0.241. The molecule has 6 nitrogen and oxygen atoms in total. The summed E-state index contributed by atoms with van der Waals surface area (Å²) in [6.45, 7) is 2.08. The van der Waals surface area contributed by atoms with Gasteiger partial charge in [-0.3, -0.25) is 4.79 Å². The van der Waals surface area contributed by atoms with Crippen molar-refractivity contribution in [1.82, 2.24) is 10.3 Å². The number of amides is 1. The molecule has 0 aliphatic heterocycles. The van der Waals surface area contributed by atoms with Crippen LogP contribution in [0.1, 0.15) is 58.4 Å². The first-order valence-corrected chi connectivity index (χ1v) is 8.34. The molecule has 1 saturated carbocycles. The number of carbonyl (C=O) groups is 2. The number of aryl methyl sites for hydroxylation is 1. The molecule has 1 heterocycles. The molecule has 1 unspecified atom stereocenters. The normalized spacial score (nSPS) is 16.6. The molecule has 1 atom stereocenters. The molecule has 7 heteroatoms. The minimum Gasteiger partial charge on any atom is -0.480 e. The van der Waals surface area contributed by atoms with Gasteiger partial charge >= 0.3 is 5.97 Å². The summed E-state index contributed by atoms with van der Waals surface area (Å²) in [5.74, 6) is -0.958. The summed E-state index contributed by atoms with van der Waals surface area (Å²) in [6, 6.07) is -0.941. The maximum absolute atomic E-state index is 12.3. The van der Waals surface area contributed by atoms with Crippen LogP contribution in [0.4, 0.5) is 0 Å². The van der Waals surface area contributed by atoms with Crippen molar-refractivity contribution in [3.63, 3.8) is 0 Å². The highest BCUT2D eigenvalue weighted by molar-refractivity contribution is 7.13. The van der Waals surface area contributed by atoms with Gasteiger partial charge in [0.05, 0.1) is 10.7 Å². The van der Waals surface area contributed by atoms with E-state index in [-0.39, 0.29) is 18.9 Å². The van der Waals surface area contributed by atoms with Gasteiger partial charge in [-0.1, -0.05) is 12.8 Å². The molecular formula is C15H22N2O4S. The van der Waals surface area contributed by atoms with Crippen LogP contribution < -0.4 is 5.32 Å². The highest BCUT2D eigenvalue weighted by atomic mass is 32.1. The lowest BCUT2D eigenvalue weighted by molar-refractivity contribution is -0.139. The summed E-state index contributed by atoms with van der Waals surface area (Å²) >= 11 is 1.40. The Labute approximate surface area is 133 Å². The van der Waals surface area contributed by atoms with E-state index in [1.54, 1.807) is 6.92 Å². The second-order valence-electron chi connectivity index (χ2n) is 5.59. The predicted octanol–water partition coefficient (Wildman–Crippen LogP) is 2.33. The number of carbonyl (C=O) groups excluding carboxylic acids is 1. The molecule has 2 rings (SSSR count). The third-order valence-corrected chi connectivity index (χ3v) is 5.26. The smallest absolute Gasteiger partial charge is 0.326 e. The van der Waals surface area contributed by atoms with Crippen LogP contribution >= 0.6 is 11.3 Å². The van der Waals surface area contributed by atoms with Gasteiger partial charge in [-0.2, -0.15) is 0 Å². The van der Waals surface area contributed by atoms with Gasteiger partial charge < -0.3 is 15.2 Å². The zero-order valence-corrected chi connectivity index (χ0v) is 13.7. The van der Waals surface area contributed by atoms with Crippen molar-refractivity contribution in [2.75, 3.05) is 13.7 Å². The Kier molecular flexibility index (Phi) is 5.90. The van der Waals surface area contributed by atoms with Crippen molar-refractivity contribution in [2.45, 2.75) is 51.0 Å². The van der Waals surface area contributed by atoms with E-state index < -0.39 is 12.0 Å². The Balaban J connectivity index is 2.06. The molecule has 1 fully saturated rings. The molecule has 2 N–H and O–H groups in total. The second kappa shape index (κ2) is 7.69. The number of aromatic nitrogens is 1. The average Bonchev–Trinajstić information content (AvgIpc) is 3.11. The Hall–Kier alpha value is -1.47. The van der Waals surface area contributed by atoms with E-state index in [0.29, 0.717) is 16.5 Å². The number of nitrogens with one attached hydrogen (secondary N) is 1. The topological polar surface area (TPSA) is 88.5 Å². The fourth-order valence-electron chi connectivity index (χ4n) is 2.69. The van der Waals surface area contributed by atoms with E-state index in [1.165, 1.54) is 31.3 Å². The van der Waals surface area contributed by atoms with Crippen LogP contribution in [0.3, 0.4) is 0 Å². The SMILES string of the molecule is COCCC(NC(=O)c1sc(C2CCCC2)nc1C)C(=O)O. The summed E-state index contributed by atoms with van der Waals surface area (Å²) in [6.07, 6.45) is 4.91. The first kappa shape index (κ1) is 16.9. The number of rotatable bonds is 7. The molecule has 1 aliphatic rings. The monoisotopic (exact) mass is 326 g/mol. The zero-order valence-electron chi connectivity index (χ0n) is 12.9. The Morgan fingerprint density at radius 2 is 2.14 bits per heavy atom. The Morgan fingerprint density at radius 1 is 1.45 bits per heavy atom. The summed E-state index contributed by atoms with van der Waals surface area (Å²) in [5, 5.41) is 12.7. The van der Waals surface area contributed by atoms with Gasteiger partial charge in [0.1, 0.15) is 10.9 Å². The molecule has 1 aromatic heterocycles. The first-order valence-electron chi connectivity index (χ1n) is 7.53. The molecule has 122 valence electrons. The van der Waals surface area contributed by atoms with Crippen LogP contribution in [-0.2, 0) is 9.53 Å². The molecule has 0 radical (unpaired) electrons. The standard InChI is InChI=1S/C15H22N2O4S/c1-9-12(22-14(16-9)10-5-3-4-6-10)13(18)17-11(15(19)20)7-8-21-2/h10-11H,3-8H2,1-2H3,(H,17,18)(H,19,20). The number of carboxylic acid groups (broad SMARTS) is 1. The van der Waals surface area contributed by atoms with Gasteiger partial charge in [-0.25, -0.2) is 9.78 Å². The highest BCUT2D eigenvalue weighted by Gasteiger charge is 2.26. The van der Waals surface area contributed by atoms with E-state index in [0.717, 1.165) is 17.8 Å². The molecule has 0 bridgehead atoms. The van der Waals surface area contributed by atoms with E-state index in [9.17, 15) is 9.59 Å². The van der Waals surface area contributed by atoms with E-state index in [1.807, 2.05) is 0 Å². The molecule has 1 aliphatic carbocycles. The van der Waals surface area contributed by atoms with Crippen molar-refractivity contribution >= 4 is 23.2 Å². The zero-order chi connectivity index (χ0) is 16.1. The first-order chi connectivity index (χ1) is 10.5. The molecule has 0 saturated heterocycles. The van der Waals surface area contributed by atoms with Crippen molar-refractivity contribution in [2.24, 2.45) is 0 Å². The van der Waals surface area contributed by atoms with Crippen molar-refractivity contribution in [3.05, 3.63) is 15.6 Å². The largest absolute Gasteiger partial charge is 0.480 e. The summed E-state index contributed by atoms with van der Waals surface area (Å²) in [4.78, 5) is 28.5. The van der Waals surface area contributed by atoms with Crippen LogP contribution in [0.25, 0.3) is 0 Å². The summed E-state index contributed by atoms with van der Waals surface area (Å²) < 4.78 is 4.88. The van der Waals surface area contributed by atoms with Crippen LogP contribution in [0.2, 0.25) is 0 Å². The molecule has 1 aromatic rings. The Morgan fingerprint density at radius 3 is 2.73 bits per heavy atom. The quantitative estimate of drug-likeness (QED) is 0.803. The highest BCUT2D eigenvalue weighted by Crippen LogP contribution is 2.37.